The Kier molecular flexibility index (Phi) is 5.57. The van der Waals surface area contributed by atoms with E-state index in [9.17, 15) is 25.2 Å². The molecule has 3 heterocycles. The first-order valence-electron chi connectivity index (χ1n) is 14.0. The van der Waals surface area contributed by atoms with Gasteiger partial charge in [0.15, 0.2) is 11.8 Å². The van der Waals surface area contributed by atoms with Gasteiger partial charge in [-0.3, -0.25) is 9.36 Å². The van der Waals surface area contributed by atoms with E-state index < -0.39 is 12.2 Å². The predicted molar refractivity (Wildman–Crippen MR) is 138 cm³/mol. The third kappa shape index (κ3) is 3.56. The number of aliphatic hydroxyl groups excluding tert-OH is 2. The molecule has 0 radical (unpaired) electrons. The molecule has 7 rings (SSSR count). The molecular weight excluding hydrogens is 470 g/mol. The zero-order valence-electron chi connectivity index (χ0n) is 21.2. The lowest BCUT2D eigenvalue weighted by atomic mass is 9.90. The molecule has 3 aliphatic carbocycles. The number of fused-ring (bicyclic) bond motifs is 6. The summed E-state index contributed by atoms with van der Waals surface area (Å²) in [5.74, 6) is 0.647. The van der Waals surface area contributed by atoms with Crippen molar-refractivity contribution >= 4 is 11.6 Å². The third-order valence-electron chi connectivity index (χ3n) is 10.2. The number of para-hydroxylation sites is 1. The van der Waals surface area contributed by atoms with Gasteiger partial charge in [0, 0.05) is 60.9 Å². The first-order valence-corrected chi connectivity index (χ1v) is 14.0. The molecule has 37 heavy (non-hydrogen) atoms. The number of amides is 1. The quantitative estimate of drug-likeness (QED) is 0.496. The van der Waals surface area contributed by atoms with Gasteiger partial charge in [0.25, 0.3) is 0 Å². The van der Waals surface area contributed by atoms with Crippen LogP contribution in [-0.4, -0.2) is 73.7 Å². The topological polar surface area (TPSA) is 109 Å². The summed E-state index contributed by atoms with van der Waals surface area (Å²) in [7, 11) is 0. The minimum absolute atomic E-state index is 0.0768. The second-order valence-corrected chi connectivity index (χ2v) is 12.1. The number of aromatic hydroxyl groups is 2. The van der Waals surface area contributed by atoms with Crippen LogP contribution in [0, 0.1) is 11.8 Å². The van der Waals surface area contributed by atoms with Crippen molar-refractivity contribution in [1.29, 1.82) is 0 Å². The number of aromatic nitrogens is 1. The summed E-state index contributed by atoms with van der Waals surface area (Å²) < 4.78 is 1.64. The van der Waals surface area contributed by atoms with Crippen molar-refractivity contribution in [1.82, 2.24) is 9.47 Å². The molecule has 6 atom stereocenters. The Bertz CT molecular complexity index is 1180. The van der Waals surface area contributed by atoms with Gasteiger partial charge in [0.1, 0.15) is 0 Å². The summed E-state index contributed by atoms with van der Waals surface area (Å²) in [6, 6.07) is 8.43. The van der Waals surface area contributed by atoms with Crippen molar-refractivity contribution in [2.24, 2.45) is 11.8 Å². The van der Waals surface area contributed by atoms with Gasteiger partial charge in [-0.05, 0) is 55.6 Å². The van der Waals surface area contributed by atoms with Gasteiger partial charge in [-0.25, -0.2) is 0 Å². The number of carbonyl (C=O) groups excluding carboxylic acids is 1. The lowest BCUT2D eigenvalue weighted by Crippen LogP contribution is -2.47. The number of piperidine rings is 1. The smallest absolute Gasteiger partial charge is 0.231 e. The van der Waals surface area contributed by atoms with Crippen molar-refractivity contribution in [3.05, 3.63) is 41.0 Å². The Hall–Kier alpha value is -2.55. The number of likely N-dealkylation sites (tertiary alicyclic amines) is 1. The molecule has 4 N–H and O–H groups in total. The van der Waals surface area contributed by atoms with Crippen LogP contribution < -0.4 is 4.90 Å². The molecule has 1 amide bonds. The summed E-state index contributed by atoms with van der Waals surface area (Å²) in [6.07, 6.45) is 4.70. The van der Waals surface area contributed by atoms with Crippen molar-refractivity contribution in [3.63, 3.8) is 0 Å². The molecule has 2 aromatic rings. The fourth-order valence-electron chi connectivity index (χ4n) is 8.34. The lowest BCUT2D eigenvalue weighted by Gasteiger charge is -2.38. The maximum Gasteiger partial charge on any atom is 0.231 e. The first kappa shape index (κ1) is 23.6. The van der Waals surface area contributed by atoms with E-state index in [2.05, 4.69) is 17.0 Å². The summed E-state index contributed by atoms with van der Waals surface area (Å²) in [6.45, 7) is 3.53. The van der Waals surface area contributed by atoms with Gasteiger partial charge in [-0.1, -0.05) is 24.6 Å². The summed E-state index contributed by atoms with van der Waals surface area (Å²) in [5, 5.41) is 42.7. The maximum absolute atomic E-state index is 12.7. The Labute approximate surface area is 217 Å². The summed E-state index contributed by atoms with van der Waals surface area (Å²) in [5.41, 5.74) is 3.53. The van der Waals surface area contributed by atoms with Gasteiger partial charge in [0.05, 0.1) is 18.6 Å². The number of benzene rings is 1. The number of hydrogen-bond donors (Lipinski definition) is 4. The Morgan fingerprint density at radius 3 is 2.14 bits per heavy atom. The minimum Gasteiger partial charge on any atom is -0.494 e. The van der Waals surface area contributed by atoms with E-state index in [1.807, 2.05) is 17.0 Å². The maximum atomic E-state index is 12.7. The fourth-order valence-corrected chi connectivity index (χ4v) is 8.34. The second-order valence-electron chi connectivity index (χ2n) is 12.1. The molecule has 198 valence electrons. The number of aliphatic hydroxyl groups is 2. The summed E-state index contributed by atoms with van der Waals surface area (Å²) in [4.78, 5) is 17.3. The largest absolute Gasteiger partial charge is 0.494 e. The molecule has 3 fully saturated rings. The van der Waals surface area contributed by atoms with E-state index in [1.54, 1.807) is 4.57 Å². The Balaban J connectivity index is 1.00. The molecule has 8 nitrogen and oxygen atoms in total. The third-order valence-corrected chi connectivity index (χ3v) is 10.2. The molecule has 1 saturated heterocycles. The monoisotopic (exact) mass is 507 g/mol. The van der Waals surface area contributed by atoms with E-state index in [0.29, 0.717) is 42.3 Å². The van der Waals surface area contributed by atoms with Crippen LogP contribution in [0.2, 0.25) is 0 Å². The molecule has 5 aliphatic rings. The van der Waals surface area contributed by atoms with Gasteiger partial charge < -0.3 is 30.2 Å². The van der Waals surface area contributed by atoms with Crippen LogP contribution in [0.4, 0.5) is 5.69 Å². The van der Waals surface area contributed by atoms with Crippen molar-refractivity contribution < 1.29 is 25.2 Å². The number of hydrogen-bond acceptors (Lipinski definition) is 6. The molecule has 2 bridgehead atoms. The van der Waals surface area contributed by atoms with E-state index >= 15 is 0 Å². The lowest BCUT2D eigenvalue weighted by molar-refractivity contribution is -0.118. The zero-order valence-corrected chi connectivity index (χ0v) is 21.2. The van der Waals surface area contributed by atoms with Crippen LogP contribution in [0.5, 0.6) is 11.8 Å². The molecule has 1 aromatic heterocycles. The highest BCUT2D eigenvalue weighted by Crippen LogP contribution is 2.60. The molecule has 2 saturated carbocycles. The van der Waals surface area contributed by atoms with Crippen LogP contribution in [0.25, 0.3) is 0 Å². The van der Waals surface area contributed by atoms with Gasteiger partial charge >= 0.3 is 0 Å². The average Bonchev–Trinajstić information content (AvgIpc) is 3.68. The van der Waals surface area contributed by atoms with E-state index in [-0.39, 0.29) is 35.5 Å². The van der Waals surface area contributed by atoms with Crippen LogP contribution in [-0.2, 0) is 17.8 Å². The average molecular weight is 508 g/mol. The summed E-state index contributed by atoms with van der Waals surface area (Å²) >= 11 is 0. The normalized spacial score (nSPS) is 33.5. The van der Waals surface area contributed by atoms with E-state index in [1.165, 1.54) is 0 Å². The molecule has 8 heteroatoms. The van der Waals surface area contributed by atoms with Gasteiger partial charge in [-0.15, -0.1) is 0 Å². The number of anilines is 1. The van der Waals surface area contributed by atoms with Crippen LogP contribution in [0.15, 0.2) is 24.3 Å². The highest BCUT2D eigenvalue weighted by molar-refractivity contribution is 6.01. The molecule has 4 unspecified atom stereocenters. The van der Waals surface area contributed by atoms with Gasteiger partial charge in [-0.2, -0.15) is 0 Å². The number of rotatable bonds is 5. The van der Waals surface area contributed by atoms with Crippen LogP contribution >= 0.6 is 0 Å². The number of nitrogens with zero attached hydrogens (tertiary/aromatic N) is 3. The SMILES string of the molecule is O=C1Cc2ccccc2N1C1CCN(C[C@H]2CCC[C@@H]2Cn2c(O)c3c(c2O)C2CC3C(O)C2O)CC1. The highest BCUT2D eigenvalue weighted by Gasteiger charge is 2.54. The molecular formula is C29H37N3O5. The van der Waals surface area contributed by atoms with Crippen LogP contribution in [0.3, 0.4) is 0 Å². The first-order chi connectivity index (χ1) is 17.9. The Morgan fingerprint density at radius 2 is 1.46 bits per heavy atom. The van der Waals surface area contributed by atoms with Crippen molar-refractivity contribution in [3.8, 4) is 11.8 Å². The Morgan fingerprint density at radius 1 is 0.838 bits per heavy atom. The van der Waals surface area contributed by atoms with Gasteiger partial charge in [0.2, 0.25) is 5.91 Å². The zero-order chi connectivity index (χ0) is 25.4. The van der Waals surface area contributed by atoms with Crippen molar-refractivity contribution in [2.45, 2.75) is 81.6 Å². The number of carbonyl (C=O) groups is 1. The highest BCUT2D eigenvalue weighted by atomic mass is 16.3. The minimum atomic E-state index is -0.870. The molecule has 2 aliphatic heterocycles. The van der Waals surface area contributed by atoms with Crippen molar-refractivity contribution in [2.75, 3.05) is 24.5 Å². The molecule has 0 spiro atoms. The van der Waals surface area contributed by atoms with E-state index in [0.717, 1.165) is 63.0 Å². The standard InChI is InChI=1S/C29H37N3O5/c33-23-12-16-4-1-2-7-22(16)32(23)19-8-10-30(11-9-19)14-17-5-3-6-18(17)15-31-28(36)24-20-13-21(25(24)29(31)37)27(35)26(20)34/h1-2,4,7,17-21,26-27,34-37H,3,5-6,8-15H2/t17-,18-,20?,21?,26?,27?/m1/s1. The second kappa shape index (κ2) is 8.75. The van der Waals surface area contributed by atoms with E-state index in [4.69, 9.17) is 0 Å². The fraction of sp³-hybridized carbons (Fsp3) is 0.621. The predicted octanol–water partition coefficient (Wildman–Crippen LogP) is 2.68. The molecule has 1 aromatic carbocycles. The van der Waals surface area contributed by atoms with Crippen LogP contribution in [0.1, 0.15) is 67.1 Å².